The molecule has 2 aliphatic heterocycles. The number of hydrogen-bond donors (Lipinski definition) is 0. The fourth-order valence-corrected chi connectivity index (χ4v) is 4.94. The van der Waals surface area contributed by atoms with Gasteiger partial charge in [-0.3, -0.25) is 19.5 Å². The number of thioether (sulfide) groups is 1. The average Bonchev–Trinajstić information content (AvgIpc) is 3.40. The zero-order chi connectivity index (χ0) is 21.0. The molecule has 1 saturated heterocycles. The lowest BCUT2D eigenvalue weighted by atomic mass is 9.90. The smallest absolute Gasteiger partial charge is 0.267 e. The maximum Gasteiger partial charge on any atom is 0.267 e. The fraction of sp³-hybridized carbons (Fsp3) is 0.217. The summed E-state index contributed by atoms with van der Waals surface area (Å²) in [6, 6.07) is 9.66. The first-order valence-electron chi connectivity index (χ1n) is 9.78. The minimum Gasteiger partial charge on any atom is -0.274 e. The first-order chi connectivity index (χ1) is 14.4. The van der Waals surface area contributed by atoms with Gasteiger partial charge in [0.05, 0.1) is 16.3 Å². The minimum atomic E-state index is -0.269. The lowest BCUT2D eigenvalue weighted by Crippen LogP contribution is -2.30. The van der Waals surface area contributed by atoms with E-state index in [4.69, 9.17) is 4.99 Å². The van der Waals surface area contributed by atoms with Crippen molar-refractivity contribution in [1.29, 1.82) is 0 Å². The Labute approximate surface area is 178 Å². The van der Waals surface area contributed by atoms with Crippen LogP contribution in [0.3, 0.4) is 0 Å². The molecule has 1 aromatic heterocycles. The van der Waals surface area contributed by atoms with Crippen LogP contribution in [0, 0.1) is 5.92 Å². The Morgan fingerprint density at radius 1 is 1.20 bits per heavy atom. The number of hydrogen-bond acceptors (Lipinski definition) is 5. The van der Waals surface area contributed by atoms with E-state index >= 15 is 0 Å². The molecule has 1 amide bonds. The van der Waals surface area contributed by atoms with E-state index in [9.17, 15) is 9.59 Å². The number of aliphatic imine (C=N–C) groups is 1. The number of aromatic nitrogens is 2. The summed E-state index contributed by atoms with van der Waals surface area (Å²) < 4.78 is 1.31. The zero-order valence-corrected chi connectivity index (χ0v) is 17.7. The molecule has 0 saturated carbocycles. The fourth-order valence-electron chi connectivity index (χ4n) is 3.84. The summed E-state index contributed by atoms with van der Waals surface area (Å²) in [5, 5.41) is 4.44. The van der Waals surface area contributed by atoms with Gasteiger partial charge in [-0.2, -0.15) is 5.10 Å². The molecule has 0 spiro atoms. The molecule has 0 radical (unpaired) electrons. The van der Waals surface area contributed by atoms with Gasteiger partial charge in [0.25, 0.3) is 5.91 Å². The second-order valence-electron chi connectivity index (χ2n) is 7.59. The predicted molar refractivity (Wildman–Crippen MR) is 119 cm³/mol. The molecular formula is C23H20N4O2S. The minimum absolute atomic E-state index is 0.0651. The Morgan fingerprint density at radius 3 is 2.70 bits per heavy atom. The second kappa shape index (κ2) is 6.95. The molecule has 150 valence electrons. The van der Waals surface area contributed by atoms with Crippen LogP contribution in [0.25, 0.3) is 17.3 Å². The number of rotatable bonds is 2. The molecule has 6 nitrogen and oxygen atoms in total. The highest BCUT2D eigenvalue weighted by Gasteiger charge is 2.45. The van der Waals surface area contributed by atoms with E-state index in [0.29, 0.717) is 10.6 Å². The van der Waals surface area contributed by atoms with E-state index in [1.54, 1.807) is 11.1 Å². The highest BCUT2D eigenvalue weighted by atomic mass is 32.2. The summed E-state index contributed by atoms with van der Waals surface area (Å²) >= 11 is 1.44. The molecule has 30 heavy (non-hydrogen) atoms. The molecule has 7 heteroatoms. The van der Waals surface area contributed by atoms with E-state index in [1.165, 1.54) is 28.9 Å². The van der Waals surface area contributed by atoms with E-state index in [0.717, 1.165) is 22.5 Å². The van der Waals surface area contributed by atoms with Crippen LogP contribution in [0.15, 0.2) is 69.8 Å². The quantitative estimate of drug-likeness (QED) is 0.683. The van der Waals surface area contributed by atoms with Crippen molar-refractivity contribution in [3.8, 4) is 11.3 Å². The Morgan fingerprint density at radius 2 is 1.97 bits per heavy atom. The number of nitrogens with zero attached hydrogens (tertiary/aromatic N) is 4. The molecule has 3 aliphatic rings. The van der Waals surface area contributed by atoms with Crippen LogP contribution < -0.4 is 0 Å². The lowest BCUT2D eigenvalue weighted by molar-refractivity contribution is -0.123. The van der Waals surface area contributed by atoms with Gasteiger partial charge >= 0.3 is 0 Å². The summed E-state index contributed by atoms with van der Waals surface area (Å²) in [5.41, 5.74) is 5.15. The first-order valence-corrected chi connectivity index (χ1v) is 10.7. The van der Waals surface area contributed by atoms with Crippen LogP contribution in [0.2, 0.25) is 0 Å². The molecule has 2 aromatic rings. The van der Waals surface area contributed by atoms with Gasteiger partial charge in [0.2, 0.25) is 5.91 Å². The summed E-state index contributed by atoms with van der Waals surface area (Å²) in [5.74, 6) is -0.0275. The third-order valence-electron chi connectivity index (χ3n) is 5.65. The van der Waals surface area contributed by atoms with E-state index in [-0.39, 0.29) is 23.2 Å². The normalized spacial score (nSPS) is 23.8. The highest BCUT2D eigenvalue weighted by Crippen LogP contribution is 2.45. The lowest BCUT2D eigenvalue weighted by Gasteiger charge is -2.21. The summed E-state index contributed by atoms with van der Waals surface area (Å²) in [4.78, 5) is 32.3. The molecule has 2 unspecified atom stereocenters. The maximum atomic E-state index is 13.2. The van der Waals surface area contributed by atoms with Crippen LogP contribution in [0.5, 0.6) is 0 Å². The molecule has 0 bridgehead atoms. The van der Waals surface area contributed by atoms with Crippen molar-refractivity contribution in [2.24, 2.45) is 10.9 Å². The number of carbonyl (C=O) groups is 2. The van der Waals surface area contributed by atoms with E-state index in [2.05, 4.69) is 25.0 Å². The van der Waals surface area contributed by atoms with Crippen molar-refractivity contribution >= 4 is 35.4 Å². The molecule has 5 rings (SSSR count). The summed E-state index contributed by atoms with van der Waals surface area (Å²) in [6.45, 7) is 5.67. The van der Waals surface area contributed by atoms with Crippen LogP contribution in [-0.4, -0.2) is 37.7 Å². The van der Waals surface area contributed by atoms with Gasteiger partial charge in [0.1, 0.15) is 5.69 Å². The number of allylic oxidation sites excluding steroid dienone is 4. The third-order valence-corrected chi connectivity index (χ3v) is 6.72. The van der Waals surface area contributed by atoms with Gasteiger partial charge in [-0.25, -0.2) is 4.68 Å². The van der Waals surface area contributed by atoms with Crippen molar-refractivity contribution in [2.45, 2.75) is 26.3 Å². The van der Waals surface area contributed by atoms with Gasteiger partial charge in [0, 0.05) is 30.2 Å². The van der Waals surface area contributed by atoms with Gasteiger partial charge in [-0.15, -0.1) is 0 Å². The number of benzene rings is 1. The van der Waals surface area contributed by atoms with Crippen LogP contribution in [0.4, 0.5) is 0 Å². The Balaban J connectivity index is 1.54. The Bertz CT molecular complexity index is 1200. The van der Waals surface area contributed by atoms with Crippen molar-refractivity contribution in [2.75, 3.05) is 0 Å². The number of carbonyl (C=O) groups excluding carboxylic acids is 2. The SMILES string of the molecule is CC(=O)n1cc(/C=C2/SC3N=C4C(=CC=C(C)C4C)N3C2=O)c(-c2ccccc2)n1. The molecule has 2 atom stereocenters. The molecule has 0 N–H and O–H groups in total. The molecule has 1 aliphatic carbocycles. The van der Waals surface area contributed by atoms with Crippen molar-refractivity contribution < 1.29 is 9.59 Å². The van der Waals surface area contributed by atoms with E-state index < -0.39 is 0 Å². The van der Waals surface area contributed by atoms with E-state index in [1.807, 2.05) is 42.5 Å². The van der Waals surface area contributed by atoms with Gasteiger partial charge in [-0.05, 0) is 19.1 Å². The van der Waals surface area contributed by atoms with Crippen LogP contribution in [0.1, 0.15) is 31.1 Å². The topological polar surface area (TPSA) is 67.6 Å². The van der Waals surface area contributed by atoms with Gasteiger partial charge < -0.3 is 0 Å². The largest absolute Gasteiger partial charge is 0.274 e. The first kappa shape index (κ1) is 18.8. The average molecular weight is 417 g/mol. The zero-order valence-electron chi connectivity index (χ0n) is 16.9. The second-order valence-corrected chi connectivity index (χ2v) is 8.69. The molecule has 1 fully saturated rings. The van der Waals surface area contributed by atoms with Gasteiger partial charge in [-0.1, -0.05) is 60.7 Å². The Hall–Kier alpha value is -3.19. The maximum absolute atomic E-state index is 13.2. The molecular weight excluding hydrogens is 396 g/mol. The monoisotopic (exact) mass is 416 g/mol. The third kappa shape index (κ3) is 2.89. The van der Waals surface area contributed by atoms with Crippen LogP contribution >= 0.6 is 11.8 Å². The predicted octanol–water partition coefficient (Wildman–Crippen LogP) is 4.34. The number of fused-ring (bicyclic) bond motifs is 3. The number of amides is 1. The Kier molecular flexibility index (Phi) is 4.36. The summed E-state index contributed by atoms with van der Waals surface area (Å²) in [7, 11) is 0. The van der Waals surface area contributed by atoms with Crippen molar-refractivity contribution in [3.63, 3.8) is 0 Å². The van der Waals surface area contributed by atoms with Gasteiger partial charge in [0.15, 0.2) is 5.50 Å². The van der Waals surface area contributed by atoms with Crippen LogP contribution in [-0.2, 0) is 4.79 Å². The van der Waals surface area contributed by atoms with Crippen molar-refractivity contribution in [3.05, 3.63) is 70.4 Å². The highest BCUT2D eigenvalue weighted by molar-refractivity contribution is 8.05. The molecule has 3 heterocycles. The summed E-state index contributed by atoms with van der Waals surface area (Å²) in [6.07, 6.45) is 7.55. The standard InChI is InChI=1S/C23H20N4O2S/c1-13-9-10-18-20(14(13)2)24-23-27(18)22(29)19(30-23)11-17-12-26(15(3)28)25-21(17)16-7-5-4-6-8-16/h4-12,14,23H,1-3H3/b19-11+. The molecule has 1 aromatic carbocycles. The van der Waals surface area contributed by atoms with Crippen molar-refractivity contribution in [1.82, 2.24) is 14.7 Å².